The van der Waals surface area contributed by atoms with Crippen molar-refractivity contribution in [3.8, 4) is 11.5 Å². The monoisotopic (exact) mass is 505 g/mol. The Morgan fingerprint density at radius 1 is 0.806 bits per heavy atom. The number of hydrogen-bond donors (Lipinski definition) is 0. The maximum Gasteiger partial charge on any atom is 0.458 e. The van der Waals surface area contributed by atoms with E-state index in [0.717, 1.165) is 11.6 Å². The first-order valence-electron chi connectivity index (χ1n) is 11.0. The summed E-state index contributed by atoms with van der Waals surface area (Å²) in [6, 6.07) is 24.4. The third kappa shape index (κ3) is 5.34. The fraction of sp³-hybridized carbons (Fsp3) is 0.111. The highest BCUT2D eigenvalue weighted by Gasteiger charge is 2.48. The first-order valence-corrected chi connectivity index (χ1v) is 12.6. The molecule has 36 heavy (non-hydrogen) atoms. The molecule has 0 saturated carbocycles. The Balaban J connectivity index is 1.92. The Kier molecular flexibility index (Phi) is 7.56. The summed E-state index contributed by atoms with van der Waals surface area (Å²) in [6.07, 6.45) is 4.25. The molecule has 184 valence electrons. The van der Waals surface area contributed by atoms with Gasteiger partial charge in [-0.15, -0.1) is 0 Å². The van der Waals surface area contributed by atoms with Crippen LogP contribution < -0.4 is 9.05 Å². The topological polar surface area (TPSA) is 91.4 Å². The molecule has 0 spiro atoms. The Labute approximate surface area is 208 Å². The van der Waals surface area contributed by atoms with Crippen LogP contribution in [-0.4, -0.2) is 31.1 Å². The number of methoxy groups -OCH3 is 2. The van der Waals surface area contributed by atoms with Crippen molar-refractivity contribution in [1.82, 2.24) is 4.90 Å². The van der Waals surface area contributed by atoms with Gasteiger partial charge >= 0.3 is 19.5 Å². The summed E-state index contributed by atoms with van der Waals surface area (Å²) in [7, 11) is -1.83. The van der Waals surface area contributed by atoms with E-state index in [2.05, 4.69) is 0 Å². The van der Waals surface area contributed by atoms with Crippen molar-refractivity contribution < 1.29 is 32.7 Å². The molecule has 1 aliphatic heterocycles. The van der Waals surface area contributed by atoms with Gasteiger partial charge in [0.2, 0.25) is 0 Å². The van der Waals surface area contributed by atoms with Crippen molar-refractivity contribution in [3.63, 3.8) is 0 Å². The minimum atomic E-state index is -4.21. The SMILES string of the molecule is COC(=O)/C=C(\C(=O)OC)N1C=Cc2ccccc2C1P(=O)(Oc1ccccc1)Oc1ccccc1. The molecule has 3 aromatic rings. The predicted molar refractivity (Wildman–Crippen MR) is 134 cm³/mol. The van der Waals surface area contributed by atoms with E-state index < -0.39 is 25.3 Å². The molecule has 4 rings (SSSR count). The van der Waals surface area contributed by atoms with Gasteiger partial charge in [0, 0.05) is 6.20 Å². The van der Waals surface area contributed by atoms with Gasteiger partial charge in [-0.25, -0.2) is 14.2 Å². The zero-order valence-corrected chi connectivity index (χ0v) is 20.5. The lowest BCUT2D eigenvalue weighted by Gasteiger charge is -2.38. The van der Waals surface area contributed by atoms with Gasteiger partial charge < -0.3 is 23.4 Å². The van der Waals surface area contributed by atoms with Gasteiger partial charge in [-0.3, -0.25) is 0 Å². The minimum Gasteiger partial charge on any atom is -0.466 e. The summed E-state index contributed by atoms with van der Waals surface area (Å²) in [5.74, 6) is -2.17. The zero-order chi connectivity index (χ0) is 25.5. The molecule has 0 aromatic heterocycles. The van der Waals surface area contributed by atoms with E-state index in [1.165, 1.54) is 25.3 Å². The van der Waals surface area contributed by atoms with E-state index in [-0.39, 0.29) is 5.70 Å². The van der Waals surface area contributed by atoms with Gasteiger partial charge in [-0.05, 0) is 41.5 Å². The number of ether oxygens (including phenoxy) is 2. The summed E-state index contributed by atoms with van der Waals surface area (Å²) in [6.45, 7) is 0. The first-order chi connectivity index (χ1) is 17.4. The molecule has 0 radical (unpaired) electrons. The van der Waals surface area contributed by atoms with Gasteiger partial charge in [0.25, 0.3) is 0 Å². The van der Waals surface area contributed by atoms with Crippen LogP contribution in [-0.2, 0) is 23.6 Å². The Bertz CT molecular complexity index is 1290. The highest BCUT2D eigenvalue weighted by atomic mass is 31.2. The highest BCUT2D eigenvalue weighted by molar-refractivity contribution is 7.55. The summed E-state index contributed by atoms with van der Waals surface area (Å²) in [5.41, 5.74) is 1.11. The summed E-state index contributed by atoms with van der Waals surface area (Å²) >= 11 is 0. The van der Waals surface area contributed by atoms with Crippen molar-refractivity contribution in [2.45, 2.75) is 5.78 Å². The van der Waals surface area contributed by atoms with Crippen LogP contribution >= 0.6 is 7.60 Å². The quantitative estimate of drug-likeness (QED) is 0.224. The van der Waals surface area contributed by atoms with E-state index in [1.807, 2.05) is 12.1 Å². The maximum absolute atomic E-state index is 14.8. The first kappa shape index (κ1) is 24.8. The van der Waals surface area contributed by atoms with Crippen LogP contribution in [0.1, 0.15) is 16.9 Å². The molecule has 9 heteroatoms. The second-order valence-corrected chi connectivity index (χ2v) is 9.55. The lowest BCUT2D eigenvalue weighted by Crippen LogP contribution is -2.33. The van der Waals surface area contributed by atoms with Crippen molar-refractivity contribution >= 4 is 25.6 Å². The number of fused-ring (bicyclic) bond motifs is 1. The average Bonchev–Trinajstić information content (AvgIpc) is 2.91. The highest BCUT2D eigenvalue weighted by Crippen LogP contribution is 2.63. The lowest BCUT2D eigenvalue weighted by molar-refractivity contribution is -0.139. The number of carbonyl (C=O) groups is 2. The molecule has 1 aliphatic rings. The molecular weight excluding hydrogens is 481 g/mol. The van der Waals surface area contributed by atoms with Gasteiger partial charge in [-0.2, -0.15) is 0 Å². The normalized spacial score (nSPS) is 15.0. The number of esters is 2. The third-order valence-electron chi connectivity index (χ3n) is 5.33. The second-order valence-electron chi connectivity index (χ2n) is 7.62. The van der Waals surface area contributed by atoms with E-state index in [0.29, 0.717) is 17.1 Å². The van der Waals surface area contributed by atoms with Crippen LogP contribution in [0.2, 0.25) is 0 Å². The second kappa shape index (κ2) is 11.0. The molecule has 0 bridgehead atoms. The van der Waals surface area contributed by atoms with Crippen molar-refractivity contribution in [3.05, 3.63) is 114 Å². The van der Waals surface area contributed by atoms with E-state index in [4.69, 9.17) is 18.5 Å². The molecule has 3 aromatic carbocycles. The van der Waals surface area contributed by atoms with E-state index in [1.54, 1.807) is 78.9 Å². The van der Waals surface area contributed by atoms with Crippen molar-refractivity contribution in [1.29, 1.82) is 0 Å². The number of carbonyl (C=O) groups excluding carboxylic acids is 2. The molecule has 0 saturated heterocycles. The van der Waals surface area contributed by atoms with Crippen LogP contribution in [0.3, 0.4) is 0 Å². The molecule has 1 unspecified atom stereocenters. The largest absolute Gasteiger partial charge is 0.466 e. The fourth-order valence-corrected chi connectivity index (χ4v) is 5.86. The van der Waals surface area contributed by atoms with Crippen LogP contribution in [0.5, 0.6) is 11.5 Å². The van der Waals surface area contributed by atoms with E-state index >= 15 is 0 Å². The van der Waals surface area contributed by atoms with Crippen LogP contribution in [0.4, 0.5) is 0 Å². The minimum absolute atomic E-state index is 0.200. The molecule has 0 aliphatic carbocycles. The van der Waals surface area contributed by atoms with Gasteiger partial charge in [0.05, 0.1) is 20.3 Å². The Morgan fingerprint density at radius 3 is 1.92 bits per heavy atom. The molecule has 1 heterocycles. The Hall–Kier alpha value is -4.29. The standard InChI is InChI=1S/C27H24NO7P/c1-32-25(29)19-24(27(30)33-2)28-18-17-20-11-9-10-16-23(20)26(28)36(31,34-21-12-5-3-6-13-21)35-22-14-7-4-8-15-22/h3-19,26H,1-2H3/b24-19+. The van der Waals surface area contributed by atoms with Crippen LogP contribution in [0, 0.1) is 0 Å². The number of para-hydroxylation sites is 2. The number of hydrogen-bond acceptors (Lipinski definition) is 8. The van der Waals surface area contributed by atoms with E-state index in [9.17, 15) is 14.2 Å². The van der Waals surface area contributed by atoms with Crippen LogP contribution in [0.15, 0.2) is 103 Å². The number of benzene rings is 3. The molecule has 0 amide bonds. The fourth-order valence-electron chi connectivity index (χ4n) is 3.71. The van der Waals surface area contributed by atoms with Crippen LogP contribution in [0.25, 0.3) is 6.08 Å². The predicted octanol–water partition coefficient (Wildman–Crippen LogP) is 5.55. The lowest BCUT2D eigenvalue weighted by atomic mass is 10.0. The van der Waals surface area contributed by atoms with Crippen molar-refractivity contribution in [2.75, 3.05) is 14.2 Å². The average molecular weight is 505 g/mol. The molecular formula is C27H24NO7P. The van der Waals surface area contributed by atoms with Crippen molar-refractivity contribution in [2.24, 2.45) is 0 Å². The number of rotatable bonds is 8. The molecule has 0 fully saturated rings. The molecule has 0 N–H and O–H groups in total. The summed E-state index contributed by atoms with van der Waals surface area (Å²) in [5, 5.41) is 0. The zero-order valence-electron chi connectivity index (χ0n) is 19.6. The smallest absolute Gasteiger partial charge is 0.458 e. The maximum atomic E-state index is 14.8. The number of nitrogens with zero attached hydrogens (tertiary/aromatic N) is 1. The third-order valence-corrected chi connectivity index (χ3v) is 7.39. The van der Waals surface area contributed by atoms with Gasteiger partial charge in [-0.1, -0.05) is 60.7 Å². The summed E-state index contributed by atoms with van der Waals surface area (Å²) in [4.78, 5) is 26.4. The molecule has 1 atom stereocenters. The Morgan fingerprint density at radius 2 is 1.36 bits per heavy atom. The summed E-state index contributed by atoms with van der Waals surface area (Å²) < 4.78 is 36.7. The van der Waals surface area contributed by atoms with Gasteiger partial charge in [0.15, 0.2) is 5.78 Å². The van der Waals surface area contributed by atoms with Gasteiger partial charge in [0.1, 0.15) is 17.2 Å². The molecule has 8 nitrogen and oxygen atoms in total.